The molecule has 0 bridgehead atoms. The predicted octanol–water partition coefficient (Wildman–Crippen LogP) is -1.24. The molecular weight excluding hydrogens is 324 g/mol. The number of carbonyl (C=O) groups is 4. The third-order valence-corrected chi connectivity index (χ3v) is 4.00. The number of hydroxylamine groups is 1. The topological polar surface area (TPSA) is 149 Å². The SMILES string of the molecule is O=C(NOCC(=O)N1CCC[C@@H]1C(=O)O)NN1CCCC1C(=O)O. The minimum Gasteiger partial charge on any atom is -0.480 e. The lowest BCUT2D eigenvalue weighted by molar-refractivity contribution is -0.150. The summed E-state index contributed by atoms with van der Waals surface area (Å²) in [4.78, 5) is 51.5. The Balaban J connectivity index is 1.71. The van der Waals surface area contributed by atoms with E-state index in [2.05, 4.69) is 5.43 Å². The van der Waals surface area contributed by atoms with Gasteiger partial charge < -0.3 is 15.1 Å². The van der Waals surface area contributed by atoms with Gasteiger partial charge in [0.2, 0.25) is 0 Å². The van der Waals surface area contributed by atoms with E-state index in [4.69, 9.17) is 15.1 Å². The number of nitrogens with zero attached hydrogens (tertiary/aromatic N) is 2. The number of hydrogen-bond donors (Lipinski definition) is 4. The zero-order valence-corrected chi connectivity index (χ0v) is 12.9. The molecule has 134 valence electrons. The van der Waals surface area contributed by atoms with Gasteiger partial charge in [0.05, 0.1) is 0 Å². The van der Waals surface area contributed by atoms with Gasteiger partial charge in [-0.2, -0.15) is 0 Å². The van der Waals surface area contributed by atoms with Crippen molar-refractivity contribution in [1.29, 1.82) is 0 Å². The number of carboxylic acid groups (broad SMARTS) is 2. The molecule has 0 saturated carbocycles. The monoisotopic (exact) mass is 344 g/mol. The van der Waals surface area contributed by atoms with Gasteiger partial charge in [0.15, 0.2) is 6.61 Å². The van der Waals surface area contributed by atoms with Crippen LogP contribution in [0.2, 0.25) is 0 Å². The standard InChI is InChI=1S/C13H20N4O7/c18-10(16-5-1-3-8(16)11(19)20)7-24-15-13(23)14-17-6-2-4-9(17)12(21)22/h8-9H,1-7H2,(H,19,20)(H,21,22)(H2,14,15,23)/t8-,9?/m1/s1. The quantitative estimate of drug-likeness (QED) is 0.437. The number of rotatable bonds is 6. The van der Waals surface area contributed by atoms with Crippen LogP contribution in [0.4, 0.5) is 4.79 Å². The van der Waals surface area contributed by atoms with Crippen LogP contribution in [0, 0.1) is 0 Å². The van der Waals surface area contributed by atoms with Crippen molar-refractivity contribution in [1.82, 2.24) is 20.8 Å². The zero-order chi connectivity index (χ0) is 17.7. The normalized spacial score (nSPS) is 23.9. The van der Waals surface area contributed by atoms with E-state index in [-0.39, 0.29) is 0 Å². The van der Waals surface area contributed by atoms with Gasteiger partial charge in [-0.25, -0.2) is 20.1 Å². The van der Waals surface area contributed by atoms with Gasteiger partial charge in [0, 0.05) is 13.1 Å². The number of hydrazine groups is 1. The molecule has 2 saturated heterocycles. The molecular formula is C13H20N4O7. The molecule has 4 N–H and O–H groups in total. The number of carbonyl (C=O) groups excluding carboxylic acids is 2. The number of carboxylic acids is 2. The molecule has 0 radical (unpaired) electrons. The minimum absolute atomic E-state index is 0.333. The number of urea groups is 1. The van der Waals surface area contributed by atoms with E-state index in [9.17, 15) is 19.2 Å². The third-order valence-electron chi connectivity index (χ3n) is 4.00. The summed E-state index contributed by atoms with van der Waals surface area (Å²) in [7, 11) is 0. The molecule has 0 spiro atoms. The summed E-state index contributed by atoms with van der Waals surface area (Å²) in [6.07, 6.45) is 2.06. The first-order valence-corrected chi connectivity index (χ1v) is 7.60. The number of nitrogens with one attached hydrogen (secondary N) is 2. The van der Waals surface area contributed by atoms with Gasteiger partial charge in [0.1, 0.15) is 12.1 Å². The molecule has 2 atom stereocenters. The van der Waals surface area contributed by atoms with Crippen LogP contribution in [0.25, 0.3) is 0 Å². The summed E-state index contributed by atoms with van der Waals surface area (Å²) in [5, 5.41) is 19.3. The molecule has 2 aliphatic rings. The molecule has 0 aromatic heterocycles. The van der Waals surface area contributed by atoms with Crippen molar-refractivity contribution in [3.05, 3.63) is 0 Å². The number of likely N-dealkylation sites (tertiary alicyclic amines) is 1. The first-order valence-electron chi connectivity index (χ1n) is 7.60. The fourth-order valence-electron chi connectivity index (χ4n) is 2.88. The molecule has 0 aromatic carbocycles. The van der Waals surface area contributed by atoms with E-state index in [1.54, 1.807) is 0 Å². The molecule has 2 heterocycles. The molecule has 0 aromatic rings. The molecule has 2 fully saturated rings. The summed E-state index contributed by atoms with van der Waals surface area (Å²) in [5.41, 5.74) is 4.33. The van der Waals surface area contributed by atoms with Crippen LogP contribution in [0.1, 0.15) is 25.7 Å². The van der Waals surface area contributed by atoms with Gasteiger partial charge >= 0.3 is 18.0 Å². The average Bonchev–Trinajstić information content (AvgIpc) is 3.15. The van der Waals surface area contributed by atoms with Gasteiger partial charge in [0.25, 0.3) is 5.91 Å². The van der Waals surface area contributed by atoms with Crippen molar-refractivity contribution in [3.63, 3.8) is 0 Å². The van der Waals surface area contributed by atoms with Crippen molar-refractivity contribution in [2.75, 3.05) is 19.7 Å². The van der Waals surface area contributed by atoms with Crippen LogP contribution in [0.5, 0.6) is 0 Å². The highest BCUT2D eigenvalue weighted by Gasteiger charge is 2.34. The molecule has 3 amide bonds. The number of amides is 3. The zero-order valence-electron chi connectivity index (χ0n) is 12.9. The summed E-state index contributed by atoms with van der Waals surface area (Å²) < 4.78 is 0. The number of aliphatic carboxylic acids is 2. The number of hydrogen-bond acceptors (Lipinski definition) is 6. The van der Waals surface area contributed by atoms with Crippen LogP contribution in [0.15, 0.2) is 0 Å². The first kappa shape index (κ1) is 17.9. The minimum atomic E-state index is -1.07. The van der Waals surface area contributed by atoms with Gasteiger partial charge in [-0.15, -0.1) is 0 Å². The lowest BCUT2D eigenvalue weighted by Crippen LogP contribution is -2.52. The predicted molar refractivity (Wildman–Crippen MR) is 77.4 cm³/mol. The van der Waals surface area contributed by atoms with Crippen LogP contribution >= 0.6 is 0 Å². The van der Waals surface area contributed by atoms with Crippen molar-refractivity contribution >= 4 is 23.9 Å². The van der Waals surface area contributed by atoms with Crippen LogP contribution in [0.3, 0.4) is 0 Å². The van der Waals surface area contributed by atoms with E-state index in [0.717, 1.165) is 0 Å². The maximum Gasteiger partial charge on any atom is 0.353 e. The molecule has 11 nitrogen and oxygen atoms in total. The highest BCUT2D eigenvalue weighted by molar-refractivity contribution is 5.85. The molecule has 2 rings (SSSR count). The third kappa shape index (κ3) is 4.32. The van der Waals surface area contributed by atoms with Gasteiger partial charge in [-0.3, -0.25) is 19.9 Å². The second-order valence-corrected chi connectivity index (χ2v) is 5.60. The fourth-order valence-corrected chi connectivity index (χ4v) is 2.88. The lowest BCUT2D eigenvalue weighted by atomic mass is 10.2. The Hall–Kier alpha value is -2.40. The second-order valence-electron chi connectivity index (χ2n) is 5.60. The average molecular weight is 344 g/mol. The van der Waals surface area contributed by atoms with Gasteiger partial charge in [-0.1, -0.05) is 0 Å². The van der Waals surface area contributed by atoms with E-state index in [1.165, 1.54) is 9.91 Å². The highest BCUT2D eigenvalue weighted by Crippen LogP contribution is 2.17. The maximum absolute atomic E-state index is 11.9. The van der Waals surface area contributed by atoms with E-state index < -0.39 is 42.6 Å². The first-order chi connectivity index (χ1) is 11.4. The lowest BCUT2D eigenvalue weighted by Gasteiger charge is -2.23. The summed E-state index contributed by atoms with van der Waals surface area (Å²) in [6, 6.07) is -2.46. The Morgan fingerprint density at radius 3 is 2.29 bits per heavy atom. The van der Waals surface area contributed by atoms with Crippen LogP contribution in [-0.4, -0.2) is 75.8 Å². The highest BCUT2D eigenvalue weighted by atomic mass is 16.7. The summed E-state index contributed by atoms with van der Waals surface area (Å²) in [6.45, 7) is 0.233. The molecule has 0 aliphatic carbocycles. The van der Waals surface area contributed by atoms with Crippen molar-refractivity contribution in [2.24, 2.45) is 0 Å². The largest absolute Gasteiger partial charge is 0.480 e. The van der Waals surface area contributed by atoms with Crippen molar-refractivity contribution in [3.8, 4) is 0 Å². The Morgan fingerprint density at radius 2 is 1.62 bits per heavy atom. The van der Waals surface area contributed by atoms with Crippen molar-refractivity contribution < 1.29 is 34.2 Å². The molecule has 11 heteroatoms. The Kier molecular flexibility index (Phi) is 5.93. The van der Waals surface area contributed by atoms with Crippen molar-refractivity contribution in [2.45, 2.75) is 37.8 Å². The van der Waals surface area contributed by atoms with E-state index >= 15 is 0 Å². The Morgan fingerprint density at radius 1 is 1.00 bits per heavy atom. The molecule has 1 unspecified atom stereocenters. The van der Waals surface area contributed by atoms with Gasteiger partial charge in [-0.05, 0) is 25.7 Å². The van der Waals surface area contributed by atoms with Crippen LogP contribution in [-0.2, 0) is 19.2 Å². The van der Waals surface area contributed by atoms with Crippen LogP contribution < -0.4 is 10.9 Å². The Labute approximate surface area is 137 Å². The van der Waals surface area contributed by atoms with E-state index in [1.807, 2.05) is 5.48 Å². The fraction of sp³-hybridized carbons (Fsp3) is 0.692. The smallest absolute Gasteiger partial charge is 0.353 e. The summed E-state index contributed by atoms with van der Waals surface area (Å²) >= 11 is 0. The van der Waals surface area contributed by atoms with E-state index in [0.29, 0.717) is 38.8 Å². The Bertz CT molecular complexity index is 526. The maximum atomic E-state index is 11.9. The second kappa shape index (κ2) is 7.93. The summed E-state index contributed by atoms with van der Waals surface area (Å²) in [5.74, 6) is -2.64. The molecule has 24 heavy (non-hydrogen) atoms. The molecule has 2 aliphatic heterocycles.